The molecule has 1 amide bonds. The van der Waals surface area contributed by atoms with Gasteiger partial charge in [0.05, 0.1) is 12.6 Å². The predicted molar refractivity (Wildman–Crippen MR) is 81.4 cm³/mol. The largest absolute Gasteiger partial charge is 0.361 e. The monoisotopic (exact) mass is 281 g/mol. The van der Waals surface area contributed by atoms with E-state index in [0.29, 0.717) is 6.42 Å². The topological polar surface area (TPSA) is 93.6 Å². The molecule has 1 aromatic carbocycles. The maximum absolute atomic E-state index is 11.7. The number of nitrogens with zero attached hydrogens (tertiary/aromatic N) is 3. The zero-order valence-corrected chi connectivity index (χ0v) is 11.4. The van der Waals surface area contributed by atoms with E-state index < -0.39 is 6.04 Å². The summed E-state index contributed by atoms with van der Waals surface area (Å²) >= 11 is 0. The molecule has 1 atom stereocenters. The van der Waals surface area contributed by atoms with Crippen molar-refractivity contribution in [2.45, 2.75) is 18.9 Å². The molecule has 6 nitrogen and oxygen atoms in total. The number of azide groups is 1. The van der Waals surface area contributed by atoms with Crippen LogP contribution >= 0.6 is 0 Å². The highest BCUT2D eigenvalue weighted by Gasteiger charge is 2.15. The zero-order valence-electron chi connectivity index (χ0n) is 11.4. The number of fused-ring (bicyclic) bond motifs is 1. The summed E-state index contributed by atoms with van der Waals surface area (Å²) in [6.45, 7) is 0.176. The van der Waals surface area contributed by atoms with Crippen LogP contribution in [0, 0.1) is 12.3 Å². The summed E-state index contributed by atoms with van der Waals surface area (Å²) in [5.41, 5.74) is 10.7. The van der Waals surface area contributed by atoms with Crippen molar-refractivity contribution >= 4 is 16.8 Å². The van der Waals surface area contributed by atoms with Crippen molar-refractivity contribution in [1.82, 2.24) is 10.3 Å². The molecular weight excluding hydrogens is 266 g/mol. The predicted octanol–water partition coefficient (Wildman–Crippen LogP) is 2.53. The fourth-order valence-electron chi connectivity index (χ4n) is 2.22. The molecule has 0 saturated heterocycles. The number of aromatic amines is 1. The Balaban J connectivity index is 2.11. The maximum atomic E-state index is 11.7. The standard InChI is InChI=1S/C15H15N5O/c1-2-7-17-15(21)9-12(19-20-16)8-11-10-18-14-6-4-3-5-13(11)14/h1,3-6,10,12,18H,7-9H2,(H,17,21). The van der Waals surface area contributed by atoms with Crippen LogP contribution in [0.25, 0.3) is 21.3 Å². The van der Waals surface area contributed by atoms with Crippen molar-refractivity contribution < 1.29 is 4.79 Å². The SMILES string of the molecule is C#CCNC(=O)CC(Cc1c[nH]c2ccccc12)N=[N+]=[N-]. The average Bonchev–Trinajstić information content (AvgIpc) is 2.89. The van der Waals surface area contributed by atoms with Crippen LogP contribution in [0.4, 0.5) is 0 Å². The second-order valence-electron chi connectivity index (χ2n) is 4.61. The number of para-hydroxylation sites is 1. The third-order valence-corrected chi connectivity index (χ3v) is 3.15. The number of aromatic nitrogens is 1. The summed E-state index contributed by atoms with van der Waals surface area (Å²) in [6.07, 6.45) is 7.58. The summed E-state index contributed by atoms with van der Waals surface area (Å²) in [5, 5.41) is 7.35. The van der Waals surface area contributed by atoms with E-state index in [1.54, 1.807) is 0 Å². The molecule has 0 saturated carbocycles. The normalized spacial score (nSPS) is 11.4. The molecule has 2 aromatic rings. The van der Waals surface area contributed by atoms with Crippen LogP contribution in [-0.2, 0) is 11.2 Å². The van der Waals surface area contributed by atoms with E-state index in [4.69, 9.17) is 12.0 Å². The van der Waals surface area contributed by atoms with E-state index in [0.717, 1.165) is 16.5 Å². The van der Waals surface area contributed by atoms with Crippen LogP contribution in [0.2, 0.25) is 0 Å². The van der Waals surface area contributed by atoms with Gasteiger partial charge in [0.25, 0.3) is 0 Å². The fourth-order valence-corrected chi connectivity index (χ4v) is 2.22. The maximum Gasteiger partial charge on any atom is 0.221 e. The molecule has 106 valence electrons. The number of H-pyrrole nitrogens is 1. The van der Waals surface area contributed by atoms with Crippen molar-refractivity contribution in [2.75, 3.05) is 6.54 Å². The Morgan fingerprint density at radius 3 is 3.10 bits per heavy atom. The van der Waals surface area contributed by atoms with Gasteiger partial charge in [-0.25, -0.2) is 0 Å². The third-order valence-electron chi connectivity index (χ3n) is 3.15. The van der Waals surface area contributed by atoms with E-state index >= 15 is 0 Å². The molecule has 0 bridgehead atoms. The first-order valence-corrected chi connectivity index (χ1v) is 6.54. The van der Waals surface area contributed by atoms with Crippen molar-refractivity contribution in [3.8, 4) is 12.3 Å². The number of benzene rings is 1. The van der Waals surface area contributed by atoms with Crippen LogP contribution in [0.3, 0.4) is 0 Å². The summed E-state index contributed by atoms with van der Waals surface area (Å²) in [7, 11) is 0. The number of hydrogen-bond acceptors (Lipinski definition) is 2. The zero-order chi connectivity index (χ0) is 15.1. The minimum Gasteiger partial charge on any atom is -0.361 e. The van der Waals surface area contributed by atoms with Crippen molar-refractivity contribution in [2.24, 2.45) is 5.11 Å². The second-order valence-corrected chi connectivity index (χ2v) is 4.61. The average molecular weight is 281 g/mol. The van der Waals surface area contributed by atoms with Crippen LogP contribution in [0.1, 0.15) is 12.0 Å². The highest BCUT2D eigenvalue weighted by molar-refractivity contribution is 5.83. The van der Waals surface area contributed by atoms with Gasteiger partial charge in [-0.1, -0.05) is 29.2 Å². The molecule has 1 unspecified atom stereocenters. The second kappa shape index (κ2) is 7.04. The number of nitrogens with one attached hydrogen (secondary N) is 2. The van der Waals surface area contributed by atoms with E-state index in [1.807, 2.05) is 30.5 Å². The summed E-state index contributed by atoms with van der Waals surface area (Å²) < 4.78 is 0. The lowest BCUT2D eigenvalue weighted by Crippen LogP contribution is -2.27. The number of amides is 1. The lowest BCUT2D eigenvalue weighted by molar-refractivity contribution is -0.121. The summed E-state index contributed by atoms with van der Waals surface area (Å²) in [6, 6.07) is 7.42. The molecule has 0 aliphatic carbocycles. The molecule has 2 N–H and O–H groups in total. The number of carbonyl (C=O) groups is 1. The summed E-state index contributed by atoms with van der Waals surface area (Å²) in [4.78, 5) is 17.7. The third kappa shape index (κ3) is 3.78. The smallest absolute Gasteiger partial charge is 0.221 e. The lowest BCUT2D eigenvalue weighted by Gasteiger charge is -2.10. The minimum atomic E-state index is -0.438. The van der Waals surface area contributed by atoms with Gasteiger partial charge in [0.2, 0.25) is 5.91 Å². The molecule has 0 radical (unpaired) electrons. The Bertz CT molecular complexity index is 721. The van der Waals surface area contributed by atoms with Gasteiger partial charge in [-0.05, 0) is 23.6 Å². The molecule has 0 aliphatic heterocycles. The number of carbonyl (C=O) groups excluding carboxylic acids is 1. The Labute approximate surface area is 122 Å². The molecule has 0 aliphatic rings. The fraction of sp³-hybridized carbons (Fsp3) is 0.267. The molecule has 1 heterocycles. The number of terminal acetylenes is 1. The molecule has 6 heteroatoms. The van der Waals surface area contributed by atoms with Gasteiger partial charge in [0.1, 0.15) is 0 Å². The van der Waals surface area contributed by atoms with E-state index in [2.05, 4.69) is 26.2 Å². The lowest BCUT2D eigenvalue weighted by atomic mass is 10.0. The van der Waals surface area contributed by atoms with Gasteiger partial charge in [-0.3, -0.25) is 4.79 Å². The van der Waals surface area contributed by atoms with Crippen LogP contribution in [0.15, 0.2) is 35.6 Å². The van der Waals surface area contributed by atoms with Gasteiger partial charge in [-0.2, -0.15) is 0 Å². The van der Waals surface area contributed by atoms with Gasteiger partial charge in [-0.15, -0.1) is 6.42 Å². The molecule has 1 aromatic heterocycles. The first-order valence-electron chi connectivity index (χ1n) is 6.54. The van der Waals surface area contributed by atoms with Gasteiger partial charge in [0, 0.05) is 28.4 Å². The molecule has 0 fully saturated rings. The number of rotatable bonds is 6. The molecule has 2 rings (SSSR count). The first kappa shape index (κ1) is 14.5. The first-order chi connectivity index (χ1) is 10.2. The van der Waals surface area contributed by atoms with Gasteiger partial charge < -0.3 is 10.3 Å². The van der Waals surface area contributed by atoms with E-state index in [1.165, 1.54) is 0 Å². The van der Waals surface area contributed by atoms with Crippen molar-refractivity contribution in [1.29, 1.82) is 0 Å². The molecule has 21 heavy (non-hydrogen) atoms. The number of hydrogen-bond donors (Lipinski definition) is 2. The van der Waals surface area contributed by atoms with Crippen molar-refractivity contribution in [3.63, 3.8) is 0 Å². The summed E-state index contributed by atoms with van der Waals surface area (Å²) in [5.74, 6) is 2.12. The molecular formula is C15H15N5O. The Kier molecular flexibility index (Phi) is 4.86. The highest BCUT2D eigenvalue weighted by atomic mass is 16.1. The van der Waals surface area contributed by atoms with Crippen LogP contribution in [0.5, 0.6) is 0 Å². The Hall–Kier alpha value is -2.90. The van der Waals surface area contributed by atoms with Gasteiger partial charge in [0.15, 0.2) is 0 Å². The van der Waals surface area contributed by atoms with E-state index in [9.17, 15) is 4.79 Å². The Morgan fingerprint density at radius 1 is 1.52 bits per heavy atom. The van der Waals surface area contributed by atoms with Crippen LogP contribution < -0.4 is 5.32 Å². The minimum absolute atomic E-state index is 0.116. The quantitative estimate of drug-likeness (QED) is 0.362. The Morgan fingerprint density at radius 2 is 2.33 bits per heavy atom. The molecule has 0 spiro atoms. The van der Waals surface area contributed by atoms with Gasteiger partial charge >= 0.3 is 0 Å². The van der Waals surface area contributed by atoms with Crippen LogP contribution in [-0.4, -0.2) is 23.5 Å². The van der Waals surface area contributed by atoms with Crippen molar-refractivity contribution in [3.05, 3.63) is 46.5 Å². The van der Waals surface area contributed by atoms with E-state index in [-0.39, 0.29) is 18.9 Å². The highest BCUT2D eigenvalue weighted by Crippen LogP contribution is 2.20.